The summed E-state index contributed by atoms with van der Waals surface area (Å²) >= 11 is 0. The zero-order valence-corrected chi connectivity index (χ0v) is 12.4. The molecule has 1 aliphatic heterocycles. The van der Waals surface area contributed by atoms with Crippen molar-refractivity contribution in [2.24, 2.45) is 5.92 Å². The highest BCUT2D eigenvalue weighted by Gasteiger charge is 2.19. The van der Waals surface area contributed by atoms with Gasteiger partial charge in [-0.1, -0.05) is 37.3 Å². The second-order valence-corrected chi connectivity index (χ2v) is 5.82. The molecular weight excluding hydrogens is 232 g/mol. The second kappa shape index (κ2) is 7.66. The number of rotatable bonds is 6. The summed E-state index contributed by atoms with van der Waals surface area (Å²) in [5, 5.41) is 3.46. The molecular formula is C17H28N2. The molecule has 0 bridgehead atoms. The summed E-state index contributed by atoms with van der Waals surface area (Å²) in [5.41, 5.74) is 1.46. The number of piperidine rings is 1. The molecule has 1 N–H and O–H groups in total. The molecule has 0 aliphatic carbocycles. The highest BCUT2D eigenvalue weighted by molar-refractivity contribution is 5.15. The van der Waals surface area contributed by atoms with E-state index in [1.165, 1.54) is 44.5 Å². The standard InChI is InChI=1S/C17H28N2/c1-3-19(14-17-9-11-18-12-10-17)15(2)13-16-7-5-4-6-8-16/h4-8,15,17-18H,3,9-14H2,1-2H3. The van der Waals surface area contributed by atoms with Crippen LogP contribution in [0.4, 0.5) is 0 Å². The third-order valence-electron chi connectivity index (χ3n) is 4.35. The van der Waals surface area contributed by atoms with E-state index in [-0.39, 0.29) is 0 Å². The maximum Gasteiger partial charge on any atom is 0.0107 e. The van der Waals surface area contributed by atoms with Crippen molar-refractivity contribution in [1.29, 1.82) is 0 Å². The van der Waals surface area contributed by atoms with E-state index in [4.69, 9.17) is 0 Å². The smallest absolute Gasteiger partial charge is 0.0107 e. The fourth-order valence-electron chi connectivity index (χ4n) is 3.10. The minimum Gasteiger partial charge on any atom is -0.317 e. The summed E-state index contributed by atoms with van der Waals surface area (Å²) < 4.78 is 0. The lowest BCUT2D eigenvalue weighted by Crippen LogP contribution is -2.41. The van der Waals surface area contributed by atoms with Gasteiger partial charge in [-0.15, -0.1) is 0 Å². The first-order chi connectivity index (χ1) is 9.29. The molecule has 0 saturated carbocycles. The van der Waals surface area contributed by atoms with E-state index >= 15 is 0 Å². The van der Waals surface area contributed by atoms with Gasteiger partial charge in [0.1, 0.15) is 0 Å². The highest BCUT2D eigenvalue weighted by atomic mass is 15.1. The lowest BCUT2D eigenvalue weighted by atomic mass is 9.96. The maximum atomic E-state index is 3.46. The predicted octanol–water partition coefficient (Wildman–Crippen LogP) is 2.94. The first-order valence-corrected chi connectivity index (χ1v) is 7.78. The minimum atomic E-state index is 0.641. The van der Waals surface area contributed by atoms with Crippen LogP contribution in [0.25, 0.3) is 0 Å². The first kappa shape index (κ1) is 14.5. The van der Waals surface area contributed by atoms with E-state index in [1.807, 2.05) is 0 Å². The van der Waals surface area contributed by atoms with Crippen molar-refractivity contribution in [3.8, 4) is 0 Å². The van der Waals surface area contributed by atoms with Crippen LogP contribution in [0, 0.1) is 5.92 Å². The summed E-state index contributed by atoms with van der Waals surface area (Å²) in [7, 11) is 0. The monoisotopic (exact) mass is 260 g/mol. The zero-order chi connectivity index (χ0) is 13.5. The van der Waals surface area contributed by atoms with Gasteiger partial charge >= 0.3 is 0 Å². The molecule has 1 aromatic rings. The molecule has 1 aromatic carbocycles. The molecule has 1 atom stereocenters. The normalized spacial score (nSPS) is 18.7. The van der Waals surface area contributed by atoms with Gasteiger partial charge in [-0.05, 0) is 57.3 Å². The van der Waals surface area contributed by atoms with Crippen molar-refractivity contribution in [3.63, 3.8) is 0 Å². The van der Waals surface area contributed by atoms with Crippen molar-refractivity contribution in [1.82, 2.24) is 10.2 Å². The van der Waals surface area contributed by atoms with Crippen molar-refractivity contribution >= 4 is 0 Å². The van der Waals surface area contributed by atoms with Crippen LogP contribution in [0.2, 0.25) is 0 Å². The molecule has 1 heterocycles. The number of hydrogen-bond acceptors (Lipinski definition) is 2. The summed E-state index contributed by atoms with van der Waals surface area (Å²) in [6, 6.07) is 11.5. The van der Waals surface area contributed by atoms with Crippen molar-refractivity contribution < 1.29 is 0 Å². The van der Waals surface area contributed by atoms with Crippen LogP contribution in [0.1, 0.15) is 32.3 Å². The van der Waals surface area contributed by atoms with Crippen LogP contribution in [-0.4, -0.2) is 37.1 Å². The van der Waals surface area contributed by atoms with Crippen LogP contribution in [0.5, 0.6) is 0 Å². The average molecular weight is 260 g/mol. The molecule has 0 radical (unpaired) electrons. The lowest BCUT2D eigenvalue weighted by Gasteiger charge is -2.33. The SMILES string of the molecule is CCN(CC1CCNCC1)C(C)Cc1ccccc1. The summed E-state index contributed by atoms with van der Waals surface area (Å²) in [6.07, 6.45) is 3.85. The summed E-state index contributed by atoms with van der Waals surface area (Å²) in [6.45, 7) is 9.51. The van der Waals surface area contributed by atoms with E-state index in [2.05, 4.69) is 54.4 Å². The Morgan fingerprint density at radius 2 is 1.89 bits per heavy atom. The van der Waals surface area contributed by atoms with Crippen molar-refractivity contribution in [2.45, 2.75) is 39.2 Å². The molecule has 2 nitrogen and oxygen atoms in total. The van der Waals surface area contributed by atoms with Crippen LogP contribution in [0.3, 0.4) is 0 Å². The van der Waals surface area contributed by atoms with Crippen LogP contribution in [0.15, 0.2) is 30.3 Å². The Kier molecular flexibility index (Phi) is 5.87. The number of benzene rings is 1. The first-order valence-electron chi connectivity index (χ1n) is 7.78. The Labute approximate surface area is 118 Å². The lowest BCUT2D eigenvalue weighted by molar-refractivity contribution is 0.167. The van der Waals surface area contributed by atoms with Gasteiger partial charge in [-0.2, -0.15) is 0 Å². The zero-order valence-electron chi connectivity index (χ0n) is 12.4. The van der Waals surface area contributed by atoms with Gasteiger partial charge in [-0.25, -0.2) is 0 Å². The third-order valence-corrected chi connectivity index (χ3v) is 4.35. The predicted molar refractivity (Wildman–Crippen MR) is 82.4 cm³/mol. The van der Waals surface area contributed by atoms with E-state index in [1.54, 1.807) is 0 Å². The Balaban J connectivity index is 1.85. The minimum absolute atomic E-state index is 0.641. The number of nitrogens with one attached hydrogen (secondary N) is 1. The molecule has 0 amide bonds. The molecule has 2 heteroatoms. The molecule has 2 rings (SSSR count). The number of nitrogens with zero attached hydrogens (tertiary/aromatic N) is 1. The van der Waals surface area contributed by atoms with Gasteiger partial charge in [0.2, 0.25) is 0 Å². The molecule has 0 aromatic heterocycles. The Bertz CT molecular complexity index is 344. The van der Waals surface area contributed by atoms with Gasteiger partial charge in [0.15, 0.2) is 0 Å². The van der Waals surface area contributed by atoms with Crippen LogP contribution >= 0.6 is 0 Å². The third kappa shape index (κ3) is 4.63. The highest BCUT2D eigenvalue weighted by Crippen LogP contribution is 2.16. The van der Waals surface area contributed by atoms with Gasteiger partial charge in [0, 0.05) is 12.6 Å². The molecule has 19 heavy (non-hydrogen) atoms. The molecule has 106 valence electrons. The number of hydrogen-bond donors (Lipinski definition) is 1. The molecule has 1 fully saturated rings. The van der Waals surface area contributed by atoms with Crippen molar-refractivity contribution in [3.05, 3.63) is 35.9 Å². The largest absolute Gasteiger partial charge is 0.317 e. The summed E-state index contributed by atoms with van der Waals surface area (Å²) in [5.74, 6) is 0.888. The molecule has 1 unspecified atom stereocenters. The number of likely N-dealkylation sites (N-methyl/N-ethyl adjacent to an activating group) is 1. The van der Waals surface area contributed by atoms with E-state index in [0.717, 1.165) is 12.5 Å². The molecule has 0 spiro atoms. The van der Waals surface area contributed by atoms with E-state index in [9.17, 15) is 0 Å². The second-order valence-electron chi connectivity index (χ2n) is 5.82. The Morgan fingerprint density at radius 1 is 1.21 bits per heavy atom. The van der Waals surface area contributed by atoms with Gasteiger partial charge in [-0.3, -0.25) is 0 Å². The fourth-order valence-corrected chi connectivity index (χ4v) is 3.10. The Morgan fingerprint density at radius 3 is 2.53 bits per heavy atom. The Hall–Kier alpha value is -0.860. The quantitative estimate of drug-likeness (QED) is 0.846. The molecule has 1 aliphatic rings. The van der Waals surface area contributed by atoms with E-state index in [0.29, 0.717) is 6.04 Å². The topological polar surface area (TPSA) is 15.3 Å². The summed E-state index contributed by atoms with van der Waals surface area (Å²) in [4.78, 5) is 2.66. The van der Waals surface area contributed by atoms with Gasteiger partial charge < -0.3 is 10.2 Å². The maximum absolute atomic E-state index is 3.46. The van der Waals surface area contributed by atoms with E-state index < -0.39 is 0 Å². The van der Waals surface area contributed by atoms with Crippen LogP contribution < -0.4 is 5.32 Å². The van der Waals surface area contributed by atoms with Crippen molar-refractivity contribution in [2.75, 3.05) is 26.2 Å². The van der Waals surface area contributed by atoms with Gasteiger partial charge in [0.05, 0.1) is 0 Å². The molecule has 1 saturated heterocycles. The van der Waals surface area contributed by atoms with Gasteiger partial charge in [0.25, 0.3) is 0 Å². The average Bonchev–Trinajstić information content (AvgIpc) is 2.47. The van der Waals surface area contributed by atoms with Crippen LogP contribution in [-0.2, 0) is 6.42 Å². The fraction of sp³-hybridized carbons (Fsp3) is 0.647.